The van der Waals surface area contributed by atoms with Gasteiger partial charge in [-0.2, -0.15) is 0 Å². The molecule has 0 aromatic heterocycles. The van der Waals surface area contributed by atoms with Crippen LogP contribution in [0.1, 0.15) is 12.8 Å². The van der Waals surface area contributed by atoms with Crippen LogP contribution >= 0.6 is 15.9 Å². The summed E-state index contributed by atoms with van der Waals surface area (Å²) in [5.74, 6) is 0.609. The van der Waals surface area contributed by atoms with Crippen LogP contribution in [-0.2, 0) is 0 Å². The van der Waals surface area contributed by atoms with Gasteiger partial charge in [0.1, 0.15) is 0 Å². The molecule has 18 heavy (non-hydrogen) atoms. The Morgan fingerprint density at radius 2 is 2.11 bits per heavy atom. The highest BCUT2D eigenvalue weighted by atomic mass is 79.9. The monoisotopic (exact) mass is 313 g/mol. The quantitative estimate of drug-likeness (QED) is 0.687. The lowest BCUT2D eigenvalue weighted by Crippen LogP contribution is -2.36. The van der Waals surface area contributed by atoms with E-state index >= 15 is 0 Å². The lowest BCUT2D eigenvalue weighted by molar-refractivity contribution is -0.384. The lowest BCUT2D eigenvalue weighted by atomic mass is 9.97. The van der Waals surface area contributed by atoms with Crippen LogP contribution in [0.3, 0.4) is 0 Å². The zero-order valence-electron chi connectivity index (χ0n) is 10.0. The summed E-state index contributed by atoms with van der Waals surface area (Å²) in [5.41, 5.74) is 6.81. The topological polar surface area (TPSA) is 72.4 Å². The van der Waals surface area contributed by atoms with Crippen molar-refractivity contribution in [3.05, 3.63) is 32.8 Å². The molecule has 0 saturated carbocycles. The smallest absolute Gasteiger partial charge is 0.270 e. The molecule has 0 atom stereocenters. The highest BCUT2D eigenvalue weighted by Gasteiger charge is 2.20. The number of halogens is 1. The minimum Gasteiger partial charge on any atom is -0.371 e. The summed E-state index contributed by atoms with van der Waals surface area (Å²) in [6.07, 6.45) is 2.17. The molecule has 6 heteroatoms. The maximum atomic E-state index is 10.7. The van der Waals surface area contributed by atoms with Crippen molar-refractivity contribution in [3.63, 3.8) is 0 Å². The Bertz CT molecular complexity index is 445. The van der Waals surface area contributed by atoms with Crippen LogP contribution in [0.2, 0.25) is 0 Å². The zero-order chi connectivity index (χ0) is 13.1. The summed E-state index contributed by atoms with van der Waals surface area (Å²) in [6, 6.07) is 4.92. The van der Waals surface area contributed by atoms with Gasteiger partial charge in [0.2, 0.25) is 0 Å². The molecule has 0 amide bonds. The first kappa shape index (κ1) is 13.3. The van der Waals surface area contributed by atoms with Gasteiger partial charge in [0, 0.05) is 29.7 Å². The van der Waals surface area contributed by atoms with Crippen molar-refractivity contribution in [3.8, 4) is 0 Å². The van der Waals surface area contributed by atoms with Gasteiger partial charge < -0.3 is 10.6 Å². The molecule has 0 aliphatic carbocycles. The summed E-state index contributed by atoms with van der Waals surface area (Å²) < 4.78 is 0.780. The van der Waals surface area contributed by atoms with Gasteiger partial charge in [-0.1, -0.05) is 0 Å². The number of hydrogen-bond acceptors (Lipinski definition) is 4. The third-order valence-electron chi connectivity index (χ3n) is 3.43. The van der Waals surface area contributed by atoms with Crippen molar-refractivity contribution in [1.82, 2.24) is 0 Å². The fourth-order valence-corrected chi connectivity index (χ4v) is 2.89. The van der Waals surface area contributed by atoms with E-state index in [1.807, 2.05) is 6.07 Å². The molecule has 98 valence electrons. The predicted octanol–water partition coefficient (Wildman–Crippen LogP) is 2.53. The summed E-state index contributed by atoms with van der Waals surface area (Å²) in [6.45, 7) is 2.66. The van der Waals surface area contributed by atoms with Crippen LogP contribution in [0.5, 0.6) is 0 Å². The van der Waals surface area contributed by atoms with E-state index in [1.165, 1.54) is 0 Å². The van der Waals surface area contributed by atoms with Crippen LogP contribution in [0.15, 0.2) is 22.7 Å². The molecule has 0 spiro atoms. The molecule has 2 rings (SSSR count). The minimum atomic E-state index is -0.380. The largest absolute Gasteiger partial charge is 0.371 e. The Morgan fingerprint density at radius 1 is 1.44 bits per heavy atom. The SMILES string of the molecule is NCC1CCN(c2ccc([N+](=O)[O-])cc2Br)CC1. The molecular formula is C12H16BrN3O2. The summed E-state index contributed by atoms with van der Waals surface area (Å²) >= 11 is 3.41. The van der Waals surface area contributed by atoms with Crippen LogP contribution in [0.4, 0.5) is 11.4 Å². The highest BCUT2D eigenvalue weighted by Crippen LogP contribution is 2.32. The van der Waals surface area contributed by atoms with Gasteiger partial charge >= 0.3 is 0 Å². The predicted molar refractivity (Wildman–Crippen MR) is 74.8 cm³/mol. The van der Waals surface area contributed by atoms with E-state index in [0.717, 1.165) is 42.6 Å². The first-order chi connectivity index (χ1) is 8.61. The van der Waals surface area contributed by atoms with Gasteiger partial charge in [-0.25, -0.2) is 0 Å². The molecule has 0 radical (unpaired) electrons. The van der Waals surface area contributed by atoms with E-state index in [0.29, 0.717) is 5.92 Å². The fraction of sp³-hybridized carbons (Fsp3) is 0.500. The lowest BCUT2D eigenvalue weighted by Gasteiger charge is -2.33. The average molecular weight is 314 g/mol. The van der Waals surface area contributed by atoms with Gasteiger partial charge in [-0.15, -0.1) is 0 Å². The number of benzene rings is 1. The number of piperidine rings is 1. The molecular weight excluding hydrogens is 298 g/mol. The molecule has 1 saturated heterocycles. The molecule has 1 fully saturated rings. The Labute approximate surface area is 114 Å². The molecule has 1 aliphatic rings. The number of nitrogens with zero attached hydrogens (tertiary/aromatic N) is 2. The second-order valence-electron chi connectivity index (χ2n) is 4.56. The van der Waals surface area contributed by atoms with E-state index < -0.39 is 0 Å². The van der Waals surface area contributed by atoms with Gasteiger partial charge in [0.15, 0.2) is 0 Å². The van der Waals surface area contributed by atoms with Gasteiger partial charge in [0.05, 0.1) is 10.6 Å². The number of hydrogen-bond donors (Lipinski definition) is 1. The van der Waals surface area contributed by atoms with Crippen LogP contribution in [0, 0.1) is 16.0 Å². The maximum Gasteiger partial charge on any atom is 0.270 e. The zero-order valence-corrected chi connectivity index (χ0v) is 11.6. The van der Waals surface area contributed by atoms with Gasteiger partial charge in [-0.05, 0) is 47.3 Å². The third kappa shape index (κ3) is 2.81. The van der Waals surface area contributed by atoms with Crippen molar-refractivity contribution in [2.24, 2.45) is 11.7 Å². The molecule has 1 aromatic rings. The molecule has 1 aliphatic heterocycles. The van der Waals surface area contributed by atoms with E-state index in [4.69, 9.17) is 5.73 Å². The number of nitro benzene ring substituents is 1. The van der Waals surface area contributed by atoms with Crippen molar-refractivity contribution >= 4 is 27.3 Å². The Hall–Kier alpha value is -1.14. The van der Waals surface area contributed by atoms with E-state index in [9.17, 15) is 10.1 Å². The number of non-ortho nitro benzene ring substituents is 1. The summed E-state index contributed by atoms with van der Waals surface area (Å²) in [4.78, 5) is 12.6. The van der Waals surface area contributed by atoms with E-state index in [-0.39, 0.29) is 10.6 Å². The summed E-state index contributed by atoms with van der Waals surface area (Å²) in [5, 5.41) is 10.7. The molecule has 2 N–H and O–H groups in total. The number of nitro groups is 1. The standard InChI is InChI=1S/C12H16BrN3O2/c13-11-7-10(16(17)18)1-2-12(11)15-5-3-9(8-14)4-6-15/h1-2,7,9H,3-6,8,14H2. The van der Waals surface area contributed by atoms with E-state index in [2.05, 4.69) is 20.8 Å². The van der Waals surface area contributed by atoms with Gasteiger partial charge in [-0.3, -0.25) is 10.1 Å². The molecule has 5 nitrogen and oxygen atoms in total. The molecule has 1 heterocycles. The van der Waals surface area contributed by atoms with Crippen LogP contribution in [0.25, 0.3) is 0 Å². The van der Waals surface area contributed by atoms with Gasteiger partial charge in [0.25, 0.3) is 5.69 Å². The van der Waals surface area contributed by atoms with Crippen molar-refractivity contribution in [2.45, 2.75) is 12.8 Å². The van der Waals surface area contributed by atoms with Crippen molar-refractivity contribution in [2.75, 3.05) is 24.5 Å². The van der Waals surface area contributed by atoms with Crippen molar-refractivity contribution in [1.29, 1.82) is 0 Å². The number of anilines is 1. The Balaban J connectivity index is 2.12. The summed E-state index contributed by atoms with van der Waals surface area (Å²) in [7, 11) is 0. The second kappa shape index (κ2) is 5.67. The minimum absolute atomic E-state index is 0.113. The van der Waals surface area contributed by atoms with Crippen molar-refractivity contribution < 1.29 is 4.92 Å². The van der Waals surface area contributed by atoms with Crippen LogP contribution in [-0.4, -0.2) is 24.6 Å². The number of rotatable bonds is 3. The number of nitrogens with two attached hydrogens (primary N) is 1. The maximum absolute atomic E-state index is 10.7. The normalized spacial score (nSPS) is 16.9. The van der Waals surface area contributed by atoms with E-state index in [1.54, 1.807) is 12.1 Å². The first-order valence-corrected chi connectivity index (χ1v) is 6.80. The Kier molecular flexibility index (Phi) is 4.19. The second-order valence-corrected chi connectivity index (χ2v) is 5.41. The molecule has 0 unspecified atom stereocenters. The average Bonchev–Trinajstić information content (AvgIpc) is 2.38. The molecule has 1 aromatic carbocycles. The van der Waals surface area contributed by atoms with Crippen LogP contribution < -0.4 is 10.6 Å². The first-order valence-electron chi connectivity index (χ1n) is 6.00. The fourth-order valence-electron chi connectivity index (χ4n) is 2.28. The third-order valence-corrected chi connectivity index (χ3v) is 4.07. The highest BCUT2D eigenvalue weighted by molar-refractivity contribution is 9.10. The molecule has 0 bridgehead atoms. The Morgan fingerprint density at radius 3 is 2.61 bits per heavy atom.